The van der Waals surface area contributed by atoms with Crippen molar-refractivity contribution in [3.05, 3.63) is 11.4 Å². The van der Waals surface area contributed by atoms with Crippen molar-refractivity contribution in [2.24, 2.45) is 0 Å². The molecule has 0 aromatic heterocycles. The Hall–Kier alpha value is -0.750. The lowest BCUT2D eigenvalue weighted by Crippen LogP contribution is -1.99. The van der Waals surface area contributed by atoms with Crippen LogP contribution < -0.4 is 0 Å². The van der Waals surface area contributed by atoms with E-state index in [-0.39, 0.29) is 6.26 Å². The Morgan fingerprint density at radius 1 is 1.50 bits per heavy atom. The number of hydrogen-bond acceptors (Lipinski definition) is 4. The van der Waals surface area contributed by atoms with Gasteiger partial charge in [-0.2, -0.15) is 8.42 Å². The van der Waals surface area contributed by atoms with Crippen molar-refractivity contribution in [3.8, 4) is 0 Å². The van der Waals surface area contributed by atoms with Gasteiger partial charge in [0.15, 0.2) is 0 Å². The molecule has 5 nitrogen and oxygen atoms in total. The number of aliphatic hydroxyl groups is 2. The summed E-state index contributed by atoms with van der Waals surface area (Å²) in [5.41, 5.74) is 0. The van der Waals surface area contributed by atoms with E-state index in [1.54, 1.807) is 0 Å². The molecule has 0 saturated carbocycles. The SMILES string of the molecule is O=S(=O)(O)C(O)=CO. The highest BCUT2D eigenvalue weighted by molar-refractivity contribution is 7.89. The highest BCUT2D eigenvalue weighted by Crippen LogP contribution is 1.94. The second-order valence-corrected chi connectivity index (χ2v) is 2.31. The summed E-state index contributed by atoms with van der Waals surface area (Å²) in [6, 6.07) is 0. The molecule has 0 bridgehead atoms. The smallest absolute Gasteiger partial charge is 0.330 e. The van der Waals surface area contributed by atoms with Gasteiger partial charge >= 0.3 is 10.1 Å². The van der Waals surface area contributed by atoms with Gasteiger partial charge in [-0.15, -0.1) is 0 Å². The molecule has 0 aliphatic carbocycles. The second-order valence-electron chi connectivity index (χ2n) is 0.942. The van der Waals surface area contributed by atoms with Crippen molar-refractivity contribution >= 4 is 10.1 Å². The average Bonchev–Trinajstić information content (AvgIpc) is 1.62. The maximum atomic E-state index is 9.64. The van der Waals surface area contributed by atoms with Crippen LogP contribution in [0.15, 0.2) is 11.4 Å². The fourth-order valence-electron chi connectivity index (χ4n) is 0.0666. The molecule has 0 amide bonds. The highest BCUT2D eigenvalue weighted by Gasteiger charge is 2.09. The zero-order valence-corrected chi connectivity index (χ0v) is 4.46. The first kappa shape index (κ1) is 7.25. The lowest BCUT2D eigenvalue weighted by molar-refractivity contribution is 0.368. The summed E-state index contributed by atoms with van der Waals surface area (Å²) in [6.45, 7) is 0. The van der Waals surface area contributed by atoms with Gasteiger partial charge in [0.25, 0.3) is 5.09 Å². The molecule has 0 rings (SSSR count). The number of aliphatic hydroxyl groups excluding tert-OH is 2. The van der Waals surface area contributed by atoms with Gasteiger partial charge in [0.2, 0.25) is 0 Å². The third-order valence-corrected chi connectivity index (χ3v) is 1.01. The van der Waals surface area contributed by atoms with E-state index in [2.05, 4.69) is 0 Å². The Labute approximate surface area is 45.6 Å². The molecule has 0 heterocycles. The Morgan fingerprint density at radius 3 is 1.88 bits per heavy atom. The molecule has 0 radical (unpaired) electrons. The van der Waals surface area contributed by atoms with Crippen molar-refractivity contribution in [3.63, 3.8) is 0 Å². The van der Waals surface area contributed by atoms with E-state index in [1.807, 2.05) is 0 Å². The zero-order chi connectivity index (χ0) is 6.78. The fourth-order valence-corrected chi connectivity index (χ4v) is 0.200. The summed E-state index contributed by atoms with van der Waals surface area (Å²) in [5, 5.41) is 14.2. The van der Waals surface area contributed by atoms with Crippen molar-refractivity contribution in [2.45, 2.75) is 0 Å². The van der Waals surface area contributed by atoms with E-state index < -0.39 is 15.2 Å². The standard InChI is InChI=1S/C2H4O5S/c3-1-2(4)8(5,6)7/h1,3-4H,(H,5,6,7). The Bertz CT molecular complexity index is 186. The quantitative estimate of drug-likeness (QED) is 0.346. The summed E-state index contributed by atoms with van der Waals surface area (Å²) in [7, 11) is -4.59. The average molecular weight is 140 g/mol. The minimum absolute atomic E-state index is 0.116. The van der Waals surface area contributed by atoms with Crippen LogP contribution in [0.25, 0.3) is 0 Å². The summed E-state index contributed by atoms with van der Waals surface area (Å²) in [4.78, 5) is 0. The van der Waals surface area contributed by atoms with Crippen molar-refractivity contribution in [1.82, 2.24) is 0 Å². The number of rotatable bonds is 1. The molecule has 0 aliphatic rings. The summed E-state index contributed by atoms with van der Waals surface area (Å²) in [6.07, 6.45) is -0.116. The van der Waals surface area contributed by atoms with E-state index in [0.717, 1.165) is 0 Å². The Kier molecular flexibility index (Phi) is 1.82. The first-order valence-corrected chi connectivity index (χ1v) is 2.93. The largest absolute Gasteiger partial charge is 0.511 e. The van der Waals surface area contributed by atoms with E-state index in [0.29, 0.717) is 0 Å². The molecule has 6 heteroatoms. The van der Waals surface area contributed by atoms with Gasteiger partial charge in [0.05, 0.1) is 0 Å². The number of hydrogen-bond donors (Lipinski definition) is 3. The van der Waals surface area contributed by atoms with Gasteiger partial charge in [0.1, 0.15) is 6.26 Å². The van der Waals surface area contributed by atoms with E-state index >= 15 is 0 Å². The van der Waals surface area contributed by atoms with Gasteiger partial charge in [-0.1, -0.05) is 0 Å². The molecule has 0 unspecified atom stereocenters. The first-order chi connectivity index (χ1) is 3.48. The van der Waals surface area contributed by atoms with Gasteiger partial charge in [0, 0.05) is 0 Å². The molecule has 3 N–H and O–H groups in total. The van der Waals surface area contributed by atoms with Crippen LogP contribution in [0, 0.1) is 0 Å². The molecule has 0 aliphatic heterocycles. The maximum absolute atomic E-state index is 9.64. The molecule has 0 aromatic rings. The molecule has 8 heavy (non-hydrogen) atoms. The summed E-state index contributed by atoms with van der Waals surface area (Å²) >= 11 is 0. The predicted molar refractivity (Wildman–Crippen MR) is 24.9 cm³/mol. The van der Waals surface area contributed by atoms with E-state index in [1.165, 1.54) is 0 Å². The lowest BCUT2D eigenvalue weighted by atomic mass is 11.1. The molecule has 0 saturated heterocycles. The minimum Gasteiger partial charge on any atom is -0.511 e. The highest BCUT2D eigenvalue weighted by atomic mass is 32.2. The van der Waals surface area contributed by atoms with Gasteiger partial charge in [-0.3, -0.25) is 4.55 Å². The molecular formula is C2H4O5S. The third kappa shape index (κ3) is 1.80. The normalized spacial score (nSPS) is 13.9. The van der Waals surface area contributed by atoms with Crippen molar-refractivity contribution in [1.29, 1.82) is 0 Å². The topological polar surface area (TPSA) is 94.8 Å². The lowest BCUT2D eigenvalue weighted by Gasteiger charge is -1.87. The van der Waals surface area contributed by atoms with Crippen LogP contribution in [0.2, 0.25) is 0 Å². The second kappa shape index (κ2) is 2.01. The monoisotopic (exact) mass is 140 g/mol. The zero-order valence-electron chi connectivity index (χ0n) is 3.64. The van der Waals surface area contributed by atoms with Crippen molar-refractivity contribution < 1.29 is 23.2 Å². The Morgan fingerprint density at radius 2 is 1.88 bits per heavy atom. The maximum Gasteiger partial charge on any atom is 0.330 e. The molecule has 0 fully saturated rings. The van der Waals surface area contributed by atoms with Crippen LogP contribution in [0.1, 0.15) is 0 Å². The van der Waals surface area contributed by atoms with Crippen LogP contribution in [-0.4, -0.2) is 23.2 Å². The van der Waals surface area contributed by atoms with Crippen molar-refractivity contribution in [2.75, 3.05) is 0 Å². The molecular weight excluding hydrogens is 136 g/mol. The van der Waals surface area contributed by atoms with Crippen LogP contribution in [-0.2, 0) is 10.1 Å². The summed E-state index contributed by atoms with van der Waals surface area (Å²) < 4.78 is 27.1. The van der Waals surface area contributed by atoms with Gasteiger partial charge in [-0.25, -0.2) is 0 Å². The Balaban J connectivity index is 4.55. The van der Waals surface area contributed by atoms with Crippen LogP contribution >= 0.6 is 0 Å². The minimum atomic E-state index is -4.59. The first-order valence-electron chi connectivity index (χ1n) is 1.49. The molecule has 0 aromatic carbocycles. The third-order valence-electron chi connectivity index (χ3n) is 0.375. The van der Waals surface area contributed by atoms with E-state index in [4.69, 9.17) is 14.8 Å². The van der Waals surface area contributed by atoms with Crippen LogP contribution in [0.4, 0.5) is 0 Å². The van der Waals surface area contributed by atoms with Crippen LogP contribution in [0.5, 0.6) is 0 Å². The van der Waals surface area contributed by atoms with E-state index in [9.17, 15) is 8.42 Å². The molecule has 48 valence electrons. The summed E-state index contributed by atoms with van der Waals surface area (Å²) in [5.74, 6) is 0. The predicted octanol–water partition coefficient (Wildman–Crippen LogP) is -0.211. The molecule has 0 atom stereocenters. The fraction of sp³-hybridized carbons (Fsp3) is 0. The van der Waals surface area contributed by atoms with Crippen LogP contribution in [0.3, 0.4) is 0 Å². The molecule has 0 spiro atoms. The van der Waals surface area contributed by atoms with Gasteiger partial charge in [-0.05, 0) is 0 Å². The van der Waals surface area contributed by atoms with Gasteiger partial charge < -0.3 is 10.2 Å².